The van der Waals surface area contributed by atoms with Crippen LogP contribution in [-0.2, 0) is 5.41 Å². The topological polar surface area (TPSA) is 0 Å². The van der Waals surface area contributed by atoms with Crippen LogP contribution in [0.5, 0.6) is 0 Å². The second-order valence-corrected chi connectivity index (χ2v) is 17.6. The van der Waals surface area contributed by atoms with Gasteiger partial charge in [-0.2, -0.15) is 0 Å². The Bertz CT molecular complexity index is 3010. The molecule has 14 rings (SSSR count). The molecule has 1 spiro atoms. The zero-order valence-corrected chi connectivity index (χ0v) is 31.5. The van der Waals surface area contributed by atoms with Gasteiger partial charge in [-0.1, -0.05) is 164 Å². The fourth-order valence-corrected chi connectivity index (χ4v) is 13.3. The van der Waals surface area contributed by atoms with Crippen LogP contribution in [0.15, 0.2) is 170 Å². The van der Waals surface area contributed by atoms with E-state index in [1.807, 2.05) is 0 Å². The minimum absolute atomic E-state index is 0.136. The van der Waals surface area contributed by atoms with E-state index in [1.165, 1.54) is 120 Å². The molecule has 9 aromatic carbocycles. The van der Waals surface area contributed by atoms with E-state index >= 15 is 0 Å². The molecule has 9 aromatic rings. The maximum absolute atomic E-state index is 2.59. The molecule has 0 heteroatoms. The Morgan fingerprint density at radius 2 is 0.857 bits per heavy atom. The predicted octanol–water partition coefficient (Wildman–Crippen LogP) is 15.0. The molecule has 0 aliphatic heterocycles. The Morgan fingerprint density at radius 3 is 1.52 bits per heavy atom. The van der Waals surface area contributed by atoms with Crippen LogP contribution in [0.4, 0.5) is 0 Å². The molecule has 4 bridgehead atoms. The Kier molecular flexibility index (Phi) is 6.43. The van der Waals surface area contributed by atoms with Gasteiger partial charge >= 0.3 is 0 Å². The maximum atomic E-state index is 2.59. The molecule has 0 N–H and O–H groups in total. The molecule has 0 aromatic heterocycles. The van der Waals surface area contributed by atoms with Gasteiger partial charge in [-0.05, 0) is 161 Å². The number of hydrogen-bond donors (Lipinski definition) is 0. The average molecular weight is 715 g/mol. The van der Waals surface area contributed by atoms with Gasteiger partial charge in [-0.3, -0.25) is 0 Å². The summed E-state index contributed by atoms with van der Waals surface area (Å²) in [4.78, 5) is 0. The molecule has 5 aliphatic carbocycles. The van der Waals surface area contributed by atoms with E-state index in [0.29, 0.717) is 0 Å². The van der Waals surface area contributed by atoms with Gasteiger partial charge in [0.15, 0.2) is 0 Å². The van der Waals surface area contributed by atoms with Crippen molar-refractivity contribution in [2.45, 2.75) is 37.5 Å². The number of fused-ring (bicyclic) bond motifs is 8. The molecule has 0 atom stereocenters. The normalized spacial score (nSPS) is 23.1. The lowest BCUT2D eigenvalue weighted by Crippen LogP contribution is -2.55. The van der Waals surface area contributed by atoms with Crippen LogP contribution in [0, 0.1) is 23.7 Å². The van der Waals surface area contributed by atoms with Gasteiger partial charge in [0.1, 0.15) is 0 Å². The third-order valence-corrected chi connectivity index (χ3v) is 15.0. The highest BCUT2D eigenvalue weighted by Crippen LogP contribution is 2.70. The molecule has 0 nitrogen and oxygen atoms in total. The zero-order valence-electron chi connectivity index (χ0n) is 31.5. The Hall–Kier alpha value is -5.98. The summed E-state index contributed by atoms with van der Waals surface area (Å²) in [7, 11) is 0. The highest BCUT2D eigenvalue weighted by molar-refractivity contribution is 6.24. The Labute approximate surface area is 328 Å². The highest BCUT2D eigenvalue weighted by Gasteiger charge is 2.62. The molecule has 0 unspecified atom stereocenters. The Morgan fingerprint density at radius 1 is 0.339 bits per heavy atom. The van der Waals surface area contributed by atoms with Gasteiger partial charge in [0.2, 0.25) is 0 Å². The first-order valence-corrected chi connectivity index (χ1v) is 20.9. The quantitative estimate of drug-likeness (QED) is 0.160. The molecule has 0 heterocycles. The van der Waals surface area contributed by atoms with E-state index in [1.54, 1.807) is 11.1 Å². The largest absolute Gasteiger partial charge is 0.0622 e. The lowest BCUT2D eigenvalue weighted by atomic mass is 9.43. The first-order valence-electron chi connectivity index (χ1n) is 20.9. The smallest absolute Gasteiger partial charge is 0.0278 e. The summed E-state index contributed by atoms with van der Waals surface area (Å²) < 4.78 is 0. The third-order valence-electron chi connectivity index (χ3n) is 15.0. The molecule has 4 saturated carbocycles. The first-order chi connectivity index (χ1) is 27.8. The van der Waals surface area contributed by atoms with Crippen molar-refractivity contribution < 1.29 is 0 Å². The van der Waals surface area contributed by atoms with Crippen molar-refractivity contribution in [2.24, 2.45) is 23.7 Å². The molecular formula is C56H42. The van der Waals surface area contributed by atoms with Gasteiger partial charge in [-0.15, -0.1) is 0 Å². The third kappa shape index (κ3) is 4.09. The van der Waals surface area contributed by atoms with Crippen molar-refractivity contribution in [1.82, 2.24) is 0 Å². The van der Waals surface area contributed by atoms with Gasteiger partial charge < -0.3 is 0 Å². The minimum Gasteiger partial charge on any atom is -0.0622 e. The summed E-state index contributed by atoms with van der Waals surface area (Å²) in [6.07, 6.45) is 7.08. The van der Waals surface area contributed by atoms with Crippen molar-refractivity contribution in [3.05, 3.63) is 181 Å². The van der Waals surface area contributed by atoms with E-state index in [-0.39, 0.29) is 5.41 Å². The van der Waals surface area contributed by atoms with Crippen LogP contribution < -0.4 is 0 Å². The number of benzene rings is 9. The van der Waals surface area contributed by atoms with E-state index in [0.717, 1.165) is 23.7 Å². The summed E-state index contributed by atoms with van der Waals surface area (Å²) >= 11 is 0. The molecule has 5 aliphatic rings. The monoisotopic (exact) mass is 714 g/mol. The van der Waals surface area contributed by atoms with Gasteiger partial charge in [0.05, 0.1) is 0 Å². The van der Waals surface area contributed by atoms with Crippen LogP contribution in [0.3, 0.4) is 0 Å². The molecule has 0 radical (unpaired) electrons. The van der Waals surface area contributed by atoms with Crippen LogP contribution >= 0.6 is 0 Å². The van der Waals surface area contributed by atoms with Crippen molar-refractivity contribution in [3.63, 3.8) is 0 Å². The molecule has 0 saturated heterocycles. The van der Waals surface area contributed by atoms with Crippen LogP contribution in [0.2, 0.25) is 0 Å². The fraction of sp³-hybridized carbons (Fsp3) is 0.179. The lowest BCUT2D eigenvalue weighted by Gasteiger charge is -2.61. The van der Waals surface area contributed by atoms with Gasteiger partial charge in [0, 0.05) is 5.41 Å². The summed E-state index contributed by atoms with van der Waals surface area (Å²) in [5.74, 6) is 3.35. The van der Waals surface area contributed by atoms with E-state index in [9.17, 15) is 0 Å². The molecule has 0 amide bonds. The average Bonchev–Trinajstić information content (AvgIpc) is 3.55. The number of hydrogen-bond acceptors (Lipinski definition) is 0. The second kappa shape index (κ2) is 11.5. The molecular weight excluding hydrogens is 673 g/mol. The second-order valence-electron chi connectivity index (χ2n) is 17.6. The van der Waals surface area contributed by atoms with Crippen LogP contribution in [-0.4, -0.2) is 0 Å². The highest BCUT2D eigenvalue weighted by atomic mass is 14.6. The summed E-state index contributed by atoms with van der Waals surface area (Å²) in [5, 5.41) is 10.7. The van der Waals surface area contributed by atoms with Gasteiger partial charge in [0.25, 0.3) is 0 Å². The predicted molar refractivity (Wildman–Crippen MR) is 236 cm³/mol. The van der Waals surface area contributed by atoms with Crippen LogP contribution in [0.1, 0.15) is 43.2 Å². The summed E-state index contributed by atoms with van der Waals surface area (Å²) in [6.45, 7) is 0. The maximum Gasteiger partial charge on any atom is 0.0278 e. The first kappa shape index (κ1) is 31.2. The minimum atomic E-state index is 0.136. The molecule has 266 valence electrons. The van der Waals surface area contributed by atoms with Crippen molar-refractivity contribution >= 4 is 43.1 Å². The summed E-state index contributed by atoms with van der Waals surface area (Å²) in [6, 6.07) is 64.8. The summed E-state index contributed by atoms with van der Waals surface area (Å²) in [5.41, 5.74) is 14.2. The zero-order chi connectivity index (χ0) is 36.5. The van der Waals surface area contributed by atoms with Crippen LogP contribution in [0.25, 0.3) is 87.6 Å². The van der Waals surface area contributed by atoms with Crippen molar-refractivity contribution in [3.8, 4) is 44.5 Å². The lowest BCUT2D eigenvalue weighted by molar-refractivity contribution is -0.0393. The van der Waals surface area contributed by atoms with Crippen molar-refractivity contribution in [2.75, 3.05) is 0 Å². The van der Waals surface area contributed by atoms with E-state index < -0.39 is 0 Å². The Balaban J connectivity index is 1.04. The molecule has 4 fully saturated rings. The van der Waals surface area contributed by atoms with Crippen molar-refractivity contribution in [1.29, 1.82) is 0 Å². The SMILES string of the molecule is c1ccc(-c2c3ccccc3c(-c3ccc(-c4ccc5c(c4)-c4ccc6ccccc6c4C54C5CC6CC(C5)CC4C6)c4ccccc34)c3ccccc23)cc1. The molecule has 56 heavy (non-hydrogen) atoms. The van der Waals surface area contributed by atoms with Gasteiger partial charge in [-0.25, -0.2) is 0 Å². The standard InChI is InChI=1S/C56H42/c1-2-13-37(14-3-1)53-45-18-8-10-20-47(45)54(48-21-11-9-19-46(48)53)49-26-25-41(43-16-6-7-17-44(43)49)38-23-27-52-51(33-38)50-24-22-36-12-4-5-15-42(36)55(50)56(52)39-29-34-28-35(31-39)32-40(56)30-34/h1-27,33-35,39-40H,28-32H2. The number of rotatable bonds is 3. The van der Waals surface area contributed by atoms with E-state index in [2.05, 4.69) is 170 Å². The fourth-order valence-electron chi connectivity index (χ4n) is 13.3. The van der Waals surface area contributed by atoms with E-state index in [4.69, 9.17) is 0 Å².